The number of pyridine rings is 3. The van der Waals surface area contributed by atoms with Gasteiger partial charge < -0.3 is 20.0 Å². The quantitative estimate of drug-likeness (QED) is 0.102. The van der Waals surface area contributed by atoms with E-state index in [-0.39, 0.29) is 5.91 Å². The van der Waals surface area contributed by atoms with Crippen molar-refractivity contribution in [3.8, 4) is 45.2 Å². The van der Waals surface area contributed by atoms with Crippen molar-refractivity contribution in [3.63, 3.8) is 0 Å². The number of aryl methyl sites for hydroxylation is 12. The first-order valence-corrected chi connectivity index (χ1v) is 33.1. The SMILES string of the molecule is CC(=O)N1CCN(c2cnc3c(CCc4cnc(-c5cccc(C)c5)c(C)c4)nccn23)CC1.Cc1cccc(-c2ncc(CCc3nccn4c(-c5cnccn5)cnc34)cc2C)c1.Cc1cccc(-c2ncc(CCc3nccn4c(N5CCNCC5)cnc34)cc2C)c1. The summed E-state index contributed by atoms with van der Waals surface area (Å²) in [6.45, 7) is 21.5. The molecular weight excluding hydrogens is 1190 g/mol. The highest BCUT2D eigenvalue weighted by Crippen LogP contribution is 2.29. The molecule has 2 aliphatic rings. The van der Waals surface area contributed by atoms with Gasteiger partial charge in [0.25, 0.3) is 0 Å². The molecule has 2 fully saturated rings. The van der Waals surface area contributed by atoms with Crippen molar-refractivity contribution in [3.05, 3.63) is 251 Å². The lowest BCUT2D eigenvalue weighted by Crippen LogP contribution is -2.48. The van der Waals surface area contributed by atoms with Gasteiger partial charge in [0, 0.05) is 144 Å². The predicted octanol–water partition coefficient (Wildman–Crippen LogP) is 12.1. The Bertz CT molecular complexity index is 4870. The van der Waals surface area contributed by atoms with Gasteiger partial charge in [0.1, 0.15) is 17.3 Å². The highest BCUT2D eigenvalue weighted by atomic mass is 16.2. The minimum absolute atomic E-state index is 0.140. The molecule has 15 rings (SSSR count). The lowest BCUT2D eigenvalue weighted by atomic mass is 10.0. The Morgan fingerprint density at radius 1 is 0.406 bits per heavy atom. The van der Waals surface area contributed by atoms with Crippen molar-refractivity contribution >= 4 is 34.5 Å². The molecular formula is C77H80N18O. The van der Waals surface area contributed by atoms with Gasteiger partial charge in [0.05, 0.1) is 64.6 Å². The first-order chi connectivity index (χ1) is 46.9. The molecule has 0 unspecified atom stereocenters. The molecule has 3 aromatic carbocycles. The van der Waals surface area contributed by atoms with Crippen LogP contribution in [0.15, 0.2) is 184 Å². The van der Waals surface area contributed by atoms with Crippen LogP contribution < -0.4 is 15.1 Å². The Balaban J connectivity index is 0.000000130. The normalized spacial score (nSPS) is 13.2. The van der Waals surface area contributed by atoms with Crippen molar-refractivity contribution in [2.24, 2.45) is 0 Å². The summed E-state index contributed by atoms with van der Waals surface area (Å²) in [6.07, 6.45) is 33.3. The standard InChI is InChI=1S/C27H30N6O.C25H28N6.C25H22N6/c1-19-5-4-6-23(15-19)26-20(2)16-22(17-29-26)7-8-24-27-30-18-25(33(27)10-9-28-24)32-13-11-31(12-14-32)21(3)34;1-18-4-3-5-21(14-18)24-19(2)15-20(16-28-24)6-7-22-25-29-17-23(31(25)13-10-27-22)30-11-8-26-9-12-30;1-17-4-3-5-20(12-17)24-18(2)13-19(14-29-24)6-7-21-25-30-16-23(31(25)11-10-28-21)22-15-26-8-9-27-22/h4-6,9-10,15-18H,7-8,11-14H2,1-3H3;3-5,10,13-17,26H,6-9,11-12H2,1-2H3;3-5,8-16H,6-7H2,1-2H3. The second-order valence-corrected chi connectivity index (χ2v) is 25.0. The van der Waals surface area contributed by atoms with E-state index in [0.717, 1.165) is 176 Å². The molecule has 0 aliphatic carbocycles. The van der Waals surface area contributed by atoms with Gasteiger partial charge in [0.2, 0.25) is 5.91 Å². The first-order valence-electron chi connectivity index (χ1n) is 33.1. The lowest BCUT2D eigenvalue weighted by Gasteiger charge is -2.35. The van der Waals surface area contributed by atoms with E-state index >= 15 is 0 Å². The van der Waals surface area contributed by atoms with Crippen LogP contribution in [-0.4, -0.2) is 131 Å². The average molecular weight is 1270 g/mol. The van der Waals surface area contributed by atoms with E-state index in [1.807, 2.05) is 83.7 Å². The van der Waals surface area contributed by atoms with E-state index in [0.29, 0.717) is 0 Å². The molecule has 12 heterocycles. The zero-order chi connectivity index (χ0) is 66.1. The van der Waals surface area contributed by atoms with Crippen LogP contribution >= 0.6 is 0 Å². The Kier molecular flexibility index (Phi) is 19.4. The molecule has 13 aromatic rings. The van der Waals surface area contributed by atoms with Crippen molar-refractivity contribution in [1.29, 1.82) is 0 Å². The molecule has 0 spiro atoms. The number of piperazine rings is 2. The molecule has 10 aromatic heterocycles. The van der Waals surface area contributed by atoms with Crippen molar-refractivity contribution in [1.82, 2.24) is 78.2 Å². The zero-order valence-electron chi connectivity index (χ0n) is 55.7. The van der Waals surface area contributed by atoms with E-state index in [1.165, 1.54) is 55.6 Å². The minimum atomic E-state index is 0.140. The van der Waals surface area contributed by atoms with Crippen molar-refractivity contribution in [2.45, 2.75) is 87.0 Å². The second kappa shape index (κ2) is 29.2. The zero-order valence-corrected chi connectivity index (χ0v) is 55.7. The topological polar surface area (TPSA) is 194 Å². The van der Waals surface area contributed by atoms with Gasteiger partial charge >= 0.3 is 0 Å². The van der Waals surface area contributed by atoms with E-state index in [2.05, 4.69) is 186 Å². The van der Waals surface area contributed by atoms with Crippen LogP contribution in [-0.2, 0) is 43.3 Å². The molecule has 96 heavy (non-hydrogen) atoms. The smallest absolute Gasteiger partial charge is 0.219 e. The van der Waals surface area contributed by atoms with E-state index in [9.17, 15) is 4.79 Å². The van der Waals surface area contributed by atoms with E-state index < -0.39 is 0 Å². The number of fused-ring (bicyclic) bond motifs is 3. The average Bonchev–Trinajstić information content (AvgIpc) is 1.68. The predicted molar refractivity (Wildman–Crippen MR) is 379 cm³/mol. The summed E-state index contributed by atoms with van der Waals surface area (Å²) in [7, 11) is 0. The van der Waals surface area contributed by atoms with Gasteiger partial charge in [-0.1, -0.05) is 89.5 Å². The molecule has 2 aliphatic heterocycles. The Hall–Kier alpha value is -10.9. The fourth-order valence-electron chi connectivity index (χ4n) is 13.0. The molecule has 1 N–H and O–H groups in total. The van der Waals surface area contributed by atoms with Crippen LogP contribution in [0.5, 0.6) is 0 Å². The summed E-state index contributed by atoms with van der Waals surface area (Å²) in [6, 6.07) is 32.2. The number of carbonyl (C=O) groups is 1. The number of benzene rings is 3. The number of imidazole rings is 3. The van der Waals surface area contributed by atoms with Gasteiger partial charge in [-0.3, -0.25) is 57.9 Å². The summed E-state index contributed by atoms with van der Waals surface area (Å²) >= 11 is 0. The van der Waals surface area contributed by atoms with E-state index in [1.54, 1.807) is 25.5 Å². The fourth-order valence-corrected chi connectivity index (χ4v) is 13.0. The van der Waals surface area contributed by atoms with Crippen LogP contribution in [0.3, 0.4) is 0 Å². The maximum Gasteiger partial charge on any atom is 0.219 e. The maximum absolute atomic E-state index is 11.6. The first kappa shape index (κ1) is 63.8. The summed E-state index contributed by atoms with van der Waals surface area (Å²) in [4.78, 5) is 68.9. The van der Waals surface area contributed by atoms with Crippen LogP contribution in [0.25, 0.3) is 62.1 Å². The van der Waals surface area contributed by atoms with Gasteiger partial charge in [-0.05, 0) is 132 Å². The van der Waals surface area contributed by atoms with Gasteiger partial charge in [-0.25, -0.2) is 15.0 Å². The molecule has 0 bridgehead atoms. The van der Waals surface area contributed by atoms with Crippen LogP contribution in [0.1, 0.15) is 74.1 Å². The van der Waals surface area contributed by atoms with Crippen LogP contribution in [0, 0.1) is 41.5 Å². The van der Waals surface area contributed by atoms with E-state index in [4.69, 9.17) is 24.9 Å². The molecule has 19 nitrogen and oxygen atoms in total. The third-order valence-corrected chi connectivity index (χ3v) is 18.0. The highest BCUT2D eigenvalue weighted by molar-refractivity contribution is 5.74. The largest absolute Gasteiger partial charge is 0.354 e. The third kappa shape index (κ3) is 14.6. The maximum atomic E-state index is 11.6. The highest BCUT2D eigenvalue weighted by Gasteiger charge is 2.23. The Morgan fingerprint density at radius 2 is 0.823 bits per heavy atom. The van der Waals surface area contributed by atoms with Crippen LogP contribution in [0.4, 0.5) is 11.6 Å². The fraction of sp³-hybridized carbons (Fsp3) is 0.273. The molecule has 2 saturated heterocycles. The number of hydrogen-bond donors (Lipinski definition) is 1. The summed E-state index contributed by atoms with van der Waals surface area (Å²) < 4.78 is 6.32. The van der Waals surface area contributed by atoms with Crippen molar-refractivity contribution < 1.29 is 4.79 Å². The Morgan fingerprint density at radius 3 is 1.23 bits per heavy atom. The van der Waals surface area contributed by atoms with Gasteiger partial charge in [-0.15, -0.1) is 0 Å². The van der Waals surface area contributed by atoms with Gasteiger partial charge in [0.15, 0.2) is 16.9 Å². The summed E-state index contributed by atoms with van der Waals surface area (Å²) in [5, 5.41) is 3.41. The number of amides is 1. The number of nitrogens with zero attached hydrogens (tertiary/aromatic N) is 17. The lowest BCUT2D eigenvalue weighted by molar-refractivity contribution is -0.129. The number of hydrogen-bond acceptors (Lipinski definition) is 15. The molecule has 19 heteroatoms. The van der Waals surface area contributed by atoms with Gasteiger partial charge in [-0.2, -0.15) is 0 Å². The molecule has 0 atom stereocenters. The minimum Gasteiger partial charge on any atom is -0.354 e. The molecule has 1 amide bonds. The molecule has 0 radical (unpaired) electrons. The third-order valence-electron chi connectivity index (χ3n) is 18.0. The summed E-state index contributed by atoms with van der Waals surface area (Å²) in [5.74, 6) is 2.35. The number of rotatable bonds is 15. The Labute approximate surface area is 560 Å². The second-order valence-electron chi connectivity index (χ2n) is 25.0. The number of carbonyl (C=O) groups excluding carboxylic acids is 1. The monoisotopic (exact) mass is 1270 g/mol. The number of aromatic nitrogens is 14. The van der Waals surface area contributed by atoms with Crippen LogP contribution in [0.2, 0.25) is 0 Å². The molecule has 484 valence electrons. The molecule has 0 saturated carbocycles. The summed E-state index contributed by atoms with van der Waals surface area (Å²) in [5.41, 5.74) is 24.9. The van der Waals surface area contributed by atoms with Crippen molar-refractivity contribution in [2.75, 3.05) is 62.2 Å². The number of anilines is 2. The number of nitrogens with one attached hydrogen (secondary N) is 1.